The molecule has 1 aliphatic heterocycles. The van der Waals surface area contributed by atoms with E-state index in [2.05, 4.69) is 5.32 Å². The molecule has 5 heteroatoms. The van der Waals surface area contributed by atoms with Gasteiger partial charge >= 0.3 is 0 Å². The van der Waals surface area contributed by atoms with Gasteiger partial charge in [0.1, 0.15) is 0 Å². The Morgan fingerprint density at radius 3 is 2.62 bits per heavy atom. The molecule has 1 aliphatic rings. The van der Waals surface area contributed by atoms with Crippen molar-refractivity contribution < 1.29 is 19.0 Å². The Kier molecular flexibility index (Phi) is 6.37. The molecule has 1 fully saturated rings. The summed E-state index contributed by atoms with van der Waals surface area (Å²) in [5, 5.41) is 2.83. The summed E-state index contributed by atoms with van der Waals surface area (Å²) in [5.74, 6) is 0.0193. The first kappa shape index (κ1) is 13.4. The molecule has 5 nitrogen and oxygen atoms in total. The molecule has 1 rings (SSSR count). The summed E-state index contributed by atoms with van der Waals surface area (Å²) in [6.45, 7) is 6.56. The van der Waals surface area contributed by atoms with Gasteiger partial charge in [0.05, 0.1) is 19.1 Å². The van der Waals surface area contributed by atoms with Gasteiger partial charge in [-0.1, -0.05) is 0 Å². The van der Waals surface area contributed by atoms with Crippen LogP contribution in [0.25, 0.3) is 0 Å². The smallest absolute Gasteiger partial charge is 0.225 e. The van der Waals surface area contributed by atoms with E-state index in [1.807, 2.05) is 13.8 Å². The first-order valence-electron chi connectivity index (χ1n) is 5.86. The molecule has 1 heterocycles. The van der Waals surface area contributed by atoms with Crippen LogP contribution in [-0.2, 0) is 19.0 Å². The number of carbonyl (C=O) groups is 1. The maximum absolute atomic E-state index is 11.7. The van der Waals surface area contributed by atoms with Crippen LogP contribution < -0.4 is 5.32 Å². The Labute approximate surface area is 96.4 Å². The Bertz CT molecular complexity index is 198. The zero-order chi connectivity index (χ0) is 11.8. The minimum absolute atomic E-state index is 0.0103. The van der Waals surface area contributed by atoms with Gasteiger partial charge in [0.2, 0.25) is 5.91 Å². The van der Waals surface area contributed by atoms with Crippen molar-refractivity contribution in [2.45, 2.75) is 26.6 Å². The summed E-state index contributed by atoms with van der Waals surface area (Å²) in [7, 11) is 0. The lowest BCUT2D eigenvalue weighted by Gasteiger charge is -2.18. The molecule has 1 N–H and O–H groups in total. The molecule has 0 spiro atoms. The standard InChI is InChI=1S/C11H21NO4/c1-3-15-10(16-4-2)7-12-11(13)9-5-6-14-8-9/h9-10H,3-8H2,1-2H3,(H,12,13). The van der Waals surface area contributed by atoms with E-state index in [0.29, 0.717) is 33.0 Å². The van der Waals surface area contributed by atoms with Crippen LogP contribution in [0, 0.1) is 5.92 Å². The van der Waals surface area contributed by atoms with E-state index >= 15 is 0 Å². The first-order valence-corrected chi connectivity index (χ1v) is 5.86. The fourth-order valence-electron chi connectivity index (χ4n) is 1.61. The van der Waals surface area contributed by atoms with Crippen LogP contribution in [0.1, 0.15) is 20.3 Å². The van der Waals surface area contributed by atoms with Crippen molar-refractivity contribution in [1.29, 1.82) is 0 Å². The Morgan fingerprint density at radius 1 is 1.44 bits per heavy atom. The number of amides is 1. The summed E-state index contributed by atoms with van der Waals surface area (Å²) in [4.78, 5) is 11.7. The minimum atomic E-state index is -0.346. The predicted octanol–water partition coefficient (Wildman–Crippen LogP) is 0.538. The molecule has 0 radical (unpaired) electrons. The second-order valence-electron chi connectivity index (χ2n) is 3.65. The average molecular weight is 231 g/mol. The van der Waals surface area contributed by atoms with Crippen molar-refractivity contribution in [3.05, 3.63) is 0 Å². The molecular formula is C11H21NO4. The van der Waals surface area contributed by atoms with Gasteiger partial charge in [-0.05, 0) is 20.3 Å². The van der Waals surface area contributed by atoms with Gasteiger partial charge in [0, 0.05) is 19.8 Å². The SMILES string of the molecule is CCOC(CNC(=O)C1CCOC1)OCC. The molecule has 0 bridgehead atoms. The molecule has 1 unspecified atom stereocenters. The van der Waals surface area contributed by atoms with Crippen LogP contribution in [0.2, 0.25) is 0 Å². The fraction of sp³-hybridized carbons (Fsp3) is 0.909. The predicted molar refractivity (Wildman–Crippen MR) is 59.0 cm³/mol. The van der Waals surface area contributed by atoms with E-state index in [1.54, 1.807) is 0 Å². The molecule has 1 amide bonds. The van der Waals surface area contributed by atoms with Crippen molar-refractivity contribution in [1.82, 2.24) is 5.32 Å². The first-order chi connectivity index (χ1) is 7.77. The van der Waals surface area contributed by atoms with E-state index < -0.39 is 0 Å². The van der Waals surface area contributed by atoms with Crippen molar-refractivity contribution in [3.8, 4) is 0 Å². The molecule has 0 saturated carbocycles. The minimum Gasteiger partial charge on any atom is -0.381 e. The maximum Gasteiger partial charge on any atom is 0.225 e. The van der Waals surface area contributed by atoms with E-state index in [1.165, 1.54) is 0 Å². The van der Waals surface area contributed by atoms with Crippen LogP contribution in [0.15, 0.2) is 0 Å². The van der Waals surface area contributed by atoms with Crippen molar-refractivity contribution >= 4 is 5.91 Å². The molecule has 0 aliphatic carbocycles. The molecule has 0 aromatic rings. The average Bonchev–Trinajstić information content (AvgIpc) is 2.79. The van der Waals surface area contributed by atoms with E-state index in [9.17, 15) is 4.79 Å². The van der Waals surface area contributed by atoms with Crippen molar-refractivity contribution in [2.75, 3.05) is 33.0 Å². The molecule has 1 saturated heterocycles. The van der Waals surface area contributed by atoms with Crippen LogP contribution in [0.5, 0.6) is 0 Å². The van der Waals surface area contributed by atoms with Crippen LogP contribution in [0.4, 0.5) is 0 Å². The van der Waals surface area contributed by atoms with Gasteiger partial charge in [-0.25, -0.2) is 0 Å². The molecule has 0 aromatic heterocycles. The summed E-state index contributed by atoms with van der Waals surface area (Å²) < 4.78 is 15.8. The van der Waals surface area contributed by atoms with Gasteiger partial charge in [0.25, 0.3) is 0 Å². The summed E-state index contributed by atoms with van der Waals surface area (Å²) in [6.07, 6.45) is 0.459. The normalized spacial score (nSPS) is 20.3. The number of carbonyl (C=O) groups excluding carboxylic acids is 1. The number of ether oxygens (including phenoxy) is 3. The highest BCUT2D eigenvalue weighted by molar-refractivity contribution is 5.78. The number of hydrogen-bond acceptors (Lipinski definition) is 4. The van der Waals surface area contributed by atoms with Crippen molar-refractivity contribution in [2.24, 2.45) is 5.92 Å². The van der Waals surface area contributed by atoms with Gasteiger partial charge in [-0.3, -0.25) is 4.79 Å². The highest BCUT2D eigenvalue weighted by Gasteiger charge is 2.23. The lowest BCUT2D eigenvalue weighted by Crippen LogP contribution is -2.38. The van der Waals surface area contributed by atoms with Crippen molar-refractivity contribution in [3.63, 3.8) is 0 Å². The zero-order valence-corrected chi connectivity index (χ0v) is 10.0. The summed E-state index contributed by atoms with van der Waals surface area (Å²) in [6, 6.07) is 0. The summed E-state index contributed by atoms with van der Waals surface area (Å²) >= 11 is 0. The van der Waals surface area contributed by atoms with E-state index in [4.69, 9.17) is 14.2 Å². The highest BCUT2D eigenvalue weighted by Crippen LogP contribution is 2.11. The largest absolute Gasteiger partial charge is 0.381 e. The van der Waals surface area contributed by atoms with Gasteiger partial charge in [-0.15, -0.1) is 0 Å². The lowest BCUT2D eigenvalue weighted by molar-refractivity contribution is -0.142. The van der Waals surface area contributed by atoms with Crippen LogP contribution in [-0.4, -0.2) is 45.2 Å². The Balaban J connectivity index is 2.21. The molecule has 94 valence electrons. The Morgan fingerprint density at radius 2 is 2.12 bits per heavy atom. The second kappa shape index (κ2) is 7.60. The zero-order valence-electron chi connectivity index (χ0n) is 10.0. The van der Waals surface area contributed by atoms with E-state index in [0.717, 1.165) is 6.42 Å². The number of hydrogen-bond donors (Lipinski definition) is 1. The third-order valence-electron chi connectivity index (χ3n) is 2.45. The highest BCUT2D eigenvalue weighted by atomic mass is 16.7. The third kappa shape index (κ3) is 4.47. The monoisotopic (exact) mass is 231 g/mol. The second-order valence-corrected chi connectivity index (χ2v) is 3.65. The van der Waals surface area contributed by atoms with Crippen LogP contribution >= 0.6 is 0 Å². The third-order valence-corrected chi connectivity index (χ3v) is 2.45. The quantitative estimate of drug-likeness (QED) is 0.650. The topological polar surface area (TPSA) is 56.8 Å². The molecule has 16 heavy (non-hydrogen) atoms. The Hall–Kier alpha value is -0.650. The maximum atomic E-state index is 11.7. The summed E-state index contributed by atoms with van der Waals surface area (Å²) in [5.41, 5.74) is 0. The fourth-order valence-corrected chi connectivity index (χ4v) is 1.61. The molecular weight excluding hydrogens is 210 g/mol. The lowest BCUT2D eigenvalue weighted by atomic mass is 10.1. The van der Waals surface area contributed by atoms with Gasteiger partial charge < -0.3 is 19.5 Å². The van der Waals surface area contributed by atoms with Gasteiger partial charge in [-0.2, -0.15) is 0 Å². The number of rotatable bonds is 7. The van der Waals surface area contributed by atoms with Gasteiger partial charge in [0.15, 0.2) is 6.29 Å². The van der Waals surface area contributed by atoms with E-state index in [-0.39, 0.29) is 18.1 Å². The molecule has 1 atom stereocenters. The van der Waals surface area contributed by atoms with Crippen LogP contribution in [0.3, 0.4) is 0 Å². The molecule has 0 aromatic carbocycles. The number of nitrogens with one attached hydrogen (secondary N) is 1.